The zero-order chi connectivity index (χ0) is 39.0. The normalized spacial score (nSPS) is 25.8. The molecule has 0 bridgehead atoms. The first-order valence-electron chi connectivity index (χ1n) is 19.5. The van der Waals surface area contributed by atoms with Crippen LogP contribution in [0.5, 0.6) is 0 Å². The molecule has 0 spiro atoms. The van der Waals surface area contributed by atoms with Crippen molar-refractivity contribution >= 4 is 23.5 Å². The number of amides is 2. The van der Waals surface area contributed by atoms with E-state index in [1.807, 2.05) is 30.6 Å². The number of aryl methyl sites for hydroxylation is 1. The molecule has 1 fully saturated rings. The first kappa shape index (κ1) is 37.5. The van der Waals surface area contributed by atoms with Crippen LogP contribution in [-0.2, 0) is 32.6 Å². The highest BCUT2D eigenvalue weighted by atomic mass is 16.5. The van der Waals surface area contributed by atoms with Crippen molar-refractivity contribution in [1.82, 2.24) is 40.0 Å². The van der Waals surface area contributed by atoms with Gasteiger partial charge in [-0.15, -0.1) is 0 Å². The van der Waals surface area contributed by atoms with Crippen molar-refractivity contribution in [3.63, 3.8) is 0 Å². The van der Waals surface area contributed by atoms with E-state index in [4.69, 9.17) is 19.4 Å². The Balaban J connectivity index is 1.10. The molecule has 4 aliphatic rings. The number of aliphatic hydroxyl groups excluding tert-OH is 1. The molecule has 3 aromatic heterocycles. The topological polar surface area (TPSA) is 179 Å². The number of allylic oxidation sites excluding steroid dienone is 4. The van der Waals surface area contributed by atoms with Crippen LogP contribution in [0, 0.1) is 0 Å². The Hall–Kier alpha value is -5.47. The van der Waals surface area contributed by atoms with Gasteiger partial charge in [-0.3, -0.25) is 9.69 Å². The van der Waals surface area contributed by atoms with Gasteiger partial charge in [0.15, 0.2) is 0 Å². The fraction of sp³-hybridized carbons (Fsp3) is 0.452. The zero-order valence-corrected chi connectivity index (χ0v) is 32.0. The van der Waals surface area contributed by atoms with Crippen LogP contribution in [0.15, 0.2) is 73.2 Å². The number of aromatic amines is 2. The number of imidazole rings is 2. The van der Waals surface area contributed by atoms with Crippen molar-refractivity contribution in [2.75, 3.05) is 27.3 Å². The summed E-state index contributed by atoms with van der Waals surface area (Å²) in [5, 5.41) is 16.2. The molecule has 2 amide bonds. The number of Topliss-reactive ketones (excluding diaryl/α,β-unsaturated/α-hetero) is 1. The van der Waals surface area contributed by atoms with Crippen LogP contribution in [0.3, 0.4) is 0 Å². The number of hydrogen-bond acceptors (Lipinski definition) is 9. The molecular formula is C42H50N8O6. The third kappa shape index (κ3) is 7.07. The van der Waals surface area contributed by atoms with Gasteiger partial charge in [0.1, 0.15) is 17.4 Å². The number of aromatic nitrogens is 5. The van der Waals surface area contributed by atoms with E-state index in [0.29, 0.717) is 25.9 Å². The van der Waals surface area contributed by atoms with Crippen molar-refractivity contribution in [3.05, 3.63) is 113 Å². The maximum absolute atomic E-state index is 14.1. The van der Waals surface area contributed by atoms with Crippen LogP contribution in [0.1, 0.15) is 96.8 Å². The summed E-state index contributed by atoms with van der Waals surface area (Å²) in [7, 11) is 2.65. The molecule has 0 radical (unpaired) electrons. The van der Waals surface area contributed by atoms with Crippen molar-refractivity contribution in [2.45, 2.75) is 93.5 Å². The molecule has 1 saturated heterocycles. The van der Waals surface area contributed by atoms with E-state index in [-0.39, 0.29) is 30.2 Å². The Kier molecular flexibility index (Phi) is 10.4. The van der Waals surface area contributed by atoms with Crippen molar-refractivity contribution in [3.8, 4) is 0 Å². The number of methoxy groups -OCH3 is 2. The summed E-state index contributed by atoms with van der Waals surface area (Å²) in [4.78, 5) is 58.0. The SMILES string of the molecule is COC(=O)N[C@@H](CN1CCC[C@H]1c1ncc(C2(c3cnc([C@H]4CC(=O)C5c6c(ccn6C4)CC[C@@H]5NC(=O)OC)[nH]3)C=CC(c3ccccc3)=CC2)[nH]1)C(C)O. The highest BCUT2D eigenvalue weighted by Gasteiger charge is 2.43. The Bertz CT molecular complexity index is 2130. The summed E-state index contributed by atoms with van der Waals surface area (Å²) < 4.78 is 11.9. The first-order chi connectivity index (χ1) is 27.2. The predicted molar refractivity (Wildman–Crippen MR) is 208 cm³/mol. The molecule has 4 aromatic rings. The summed E-state index contributed by atoms with van der Waals surface area (Å²) >= 11 is 0. The third-order valence-electron chi connectivity index (χ3n) is 12.2. The quantitative estimate of drug-likeness (QED) is 0.148. The van der Waals surface area contributed by atoms with Gasteiger partial charge in [-0.2, -0.15) is 0 Å². The lowest BCUT2D eigenvalue weighted by Gasteiger charge is -2.31. The number of nitrogens with one attached hydrogen (secondary N) is 4. The second kappa shape index (κ2) is 15.6. The minimum Gasteiger partial charge on any atom is -0.453 e. The highest BCUT2D eigenvalue weighted by Crippen LogP contribution is 2.44. The van der Waals surface area contributed by atoms with Crippen molar-refractivity contribution < 1.29 is 29.0 Å². The molecule has 7 atom stereocenters. The average Bonchev–Trinajstić information content (AvgIpc) is 4.04. The largest absolute Gasteiger partial charge is 0.453 e. The molecule has 56 heavy (non-hydrogen) atoms. The molecule has 294 valence electrons. The molecule has 14 heteroatoms. The third-order valence-corrected chi connectivity index (χ3v) is 12.2. The maximum atomic E-state index is 14.1. The Morgan fingerprint density at radius 2 is 1.79 bits per heavy atom. The summed E-state index contributed by atoms with van der Waals surface area (Å²) in [6.07, 6.45) is 14.8. The van der Waals surface area contributed by atoms with Gasteiger partial charge in [-0.25, -0.2) is 19.6 Å². The number of likely N-dealkylation sites (tertiary alicyclic amines) is 1. The number of rotatable bonds is 10. The van der Waals surface area contributed by atoms with Crippen molar-refractivity contribution in [1.29, 1.82) is 0 Å². The van der Waals surface area contributed by atoms with Gasteiger partial charge in [-0.05, 0) is 68.3 Å². The number of hydrogen-bond donors (Lipinski definition) is 5. The zero-order valence-electron chi connectivity index (χ0n) is 32.0. The number of aliphatic hydroxyl groups is 1. The van der Waals surface area contributed by atoms with E-state index in [1.54, 1.807) is 6.92 Å². The number of alkyl carbamates (subject to hydrolysis) is 2. The standard InChI is InChI=1S/C42H50N8O6/c1-25(51)31(46-41(54)56-3)24-49-18-7-10-32(49)39-44-22-35(48-39)42(16-13-27(14-17-42)26-8-5-4-6-9-26)34-21-43-38(47-34)29-20-33(52)36-30(45-40(53)55-2)12-11-28-15-19-50(23-29)37(28)36/h4-6,8-9,13-16,19,21-22,25,29-32,36,51H,7,10-12,17-18,20,23-24H2,1-3H3,(H,43,47)(H,44,48)(H,45,53)(H,46,54)/t25?,29-,30-,31-,32-,36?,42?/m0/s1. The van der Waals surface area contributed by atoms with Crippen molar-refractivity contribution in [2.24, 2.45) is 0 Å². The van der Waals surface area contributed by atoms with Gasteiger partial charge >= 0.3 is 12.2 Å². The lowest BCUT2D eigenvalue weighted by Crippen LogP contribution is -2.49. The average molecular weight is 763 g/mol. The number of nitrogens with zero attached hydrogens (tertiary/aromatic N) is 4. The second-order valence-corrected chi connectivity index (χ2v) is 15.5. The Morgan fingerprint density at radius 1 is 1.04 bits per heavy atom. The lowest BCUT2D eigenvalue weighted by atomic mass is 9.74. The van der Waals surface area contributed by atoms with Crippen LogP contribution in [0.4, 0.5) is 9.59 Å². The Morgan fingerprint density at radius 3 is 2.50 bits per heavy atom. The number of ether oxygens (including phenoxy) is 2. The predicted octanol–water partition coefficient (Wildman–Crippen LogP) is 5.02. The highest BCUT2D eigenvalue weighted by molar-refractivity contribution is 5.88. The van der Waals surface area contributed by atoms with Gasteiger partial charge in [0.2, 0.25) is 0 Å². The molecular weight excluding hydrogens is 713 g/mol. The molecule has 2 aliphatic heterocycles. The molecule has 5 N–H and O–H groups in total. The van der Waals surface area contributed by atoms with Gasteiger partial charge in [0, 0.05) is 55.8 Å². The molecule has 8 rings (SSSR count). The first-order valence-corrected chi connectivity index (χ1v) is 19.5. The molecule has 1 aromatic carbocycles. The van der Waals surface area contributed by atoms with E-state index in [9.17, 15) is 19.5 Å². The van der Waals surface area contributed by atoms with E-state index < -0.39 is 35.7 Å². The van der Waals surface area contributed by atoms with Gasteiger partial charge in [0.25, 0.3) is 0 Å². The van der Waals surface area contributed by atoms with E-state index >= 15 is 0 Å². The van der Waals surface area contributed by atoms with E-state index in [0.717, 1.165) is 71.2 Å². The summed E-state index contributed by atoms with van der Waals surface area (Å²) in [5.74, 6) is 0.979. The van der Waals surface area contributed by atoms with Gasteiger partial charge in [-0.1, -0.05) is 48.6 Å². The van der Waals surface area contributed by atoms with Crippen LogP contribution in [-0.4, -0.2) is 98.0 Å². The summed E-state index contributed by atoms with van der Waals surface area (Å²) in [5.41, 5.74) is 5.53. The maximum Gasteiger partial charge on any atom is 0.407 e. The fourth-order valence-corrected chi connectivity index (χ4v) is 9.21. The smallest absolute Gasteiger partial charge is 0.407 e. The molecule has 3 unspecified atom stereocenters. The lowest BCUT2D eigenvalue weighted by molar-refractivity contribution is -0.121. The minimum absolute atomic E-state index is 0.0347. The number of H-pyrrole nitrogens is 2. The molecule has 2 aliphatic carbocycles. The molecule has 14 nitrogen and oxygen atoms in total. The van der Waals surface area contributed by atoms with Gasteiger partial charge in [0.05, 0.1) is 55.1 Å². The van der Waals surface area contributed by atoms with Crippen LogP contribution in [0.2, 0.25) is 0 Å². The number of benzene rings is 1. The number of carbonyl (C=O) groups excluding carboxylic acids is 3. The van der Waals surface area contributed by atoms with E-state index in [2.05, 4.69) is 72.7 Å². The second-order valence-electron chi connectivity index (χ2n) is 15.5. The van der Waals surface area contributed by atoms with E-state index in [1.165, 1.54) is 14.2 Å². The summed E-state index contributed by atoms with van der Waals surface area (Å²) in [6, 6.07) is 11.5. The molecule has 0 saturated carbocycles. The van der Waals surface area contributed by atoms with Crippen LogP contribution >= 0.6 is 0 Å². The monoisotopic (exact) mass is 762 g/mol. The minimum atomic E-state index is -0.774. The van der Waals surface area contributed by atoms with Crippen LogP contribution < -0.4 is 10.6 Å². The number of ketones is 1. The van der Waals surface area contributed by atoms with Gasteiger partial charge < -0.3 is 39.7 Å². The Labute approximate surface area is 325 Å². The molecule has 5 heterocycles. The fourth-order valence-electron chi connectivity index (χ4n) is 9.21. The summed E-state index contributed by atoms with van der Waals surface area (Å²) in [6.45, 7) is 3.49. The van der Waals surface area contributed by atoms with Crippen LogP contribution in [0.25, 0.3) is 5.57 Å². The number of carbonyl (C=O) groups is 3.